The molecule has 2 amide bonds. The number of hydrogen-bond acceptors (Lipinski definition) is 7. The summed E-state index contributed by atoms with van der Waals surface area (Å²) in [4.78, 5) is 43.8. The van der Waals surface area contributed by atoms with Crippen molar-refractivity contribution in [2.45, 2.75) is 19.0 Å². The molecule has 3 heterocycles. The van der Waals surface area contributed by atoms with Gasteiger partial charge in [0.2, 0.25) is 23.5 Å². The molecule has 2 aromatic carbocycles. The van der Waals surface area contributed by atoms with Gasteiger partial charge in [-0.2, -0.15) is 4.98 Å². The van der Waals surface area contributed by atoms with Crippen molar-refractivity contribution in [2.24, 2.45) is 0 Å². The Balaban J connectivity index is 1.37. The number of amides is 2. The number of aromatic nitrogens is 3. The van der Waals surface area contributed by atoms with E-state index < -0.39 is 11.8 Å². The lowest BCUT2D eigenvalue weighted by Gasteiger charge is -2.34. The molecule has 162 valence electrons. The summed E-state index contributed by atoms with van der Waals surface area (Å²) in [7, 11) is 0. The Labute approximate surface area is 181 Å². The Kier molecular flexibility index (Phi) is 5.02. The van der Waals surface area contributed by atoms with Crippen molar-refractivity contribution in [2.75, 3.05) is 13.1 Å². The van der Waals surface area contributed by atoms with Crippen LogP contribution in [-0.2, 0) is 22.6 Å². The zero-order chi connectivity index (χ0) is 22.1. The number of carbonyl (C=O) groups is 2. The summed E-state index contributed by atoms with van der Waals surface area (Å²) in [5.41, 5.74) is 1.71. The Morgan fingerprint density at radius 1 is 1.09 bits per heavy atom. The SMILES string of the molecule is O=C1NCCN(C(=O)Cn2c(=O)oc3ccccc32)C1Cc1nc(-c2ccccc2)no1. The summed E-state index contributed by atoms with van der Waals surface area (Å²) in [5, 5.41) is 6.74. The number of nitrogens with zero attached hydrogens (tertiary/aromatic N) is 4. The quantitative estimate of drug-likeness (QED) is 0.502. The van der Waals surface area contributed by atoms with Gasteiger partial charge < -0.3 is 19.2 Å². The van der Waals surface area contributed by atoms with Crippen LogP contribution in [0.15, 0.2) is 68.3 Å². The van der Waals surface area contributed by atoms with Gasteiger partial charge >= 0.3 is 5.76 Å². The molecule has 1 atom stereocenters. The minimum atomic E-state index is -0.825. The third-order valence-electron chi connectivity index (χ3n) is 5.39. The fourth-order valence-corrected chi connectivity index (χ4v) is 3.81. The second kappa shape index (κ2) is 8.14. The third-order valence-corrected chi connectivity index (χ3v) is 5.39. The smallest absolute Gasteiger partial charge is 0.408 e. The molecule has 10 nitrogen and oxygen atoms in total. The van der Waals surface area contributed by atoms with E-state index in [1.165, 1.54) is 9.47 Å². The van der Waals surface area contributed by atoms with Crippen LogP contribution in [0.1, 0.15) is 5.89 Å². The highest BCUT2D eigenvalue weighted by molar-refractivity contribution is 5.89. The first-order valence-corrected chi connectivity index (χ1v) is 10.1. The first-order chi connectivity index (χ1) is 15.6. The van der Waals surface area contributed by atoms with Crippen molar-refractivity contribution in [1.82, 2.24) is 24.9 Å². The molecule has 1 fully saturated rings. The highest BCUT2D eigenvalue weighted by Crippen LogP contribution is 2.18. The average Bonchev–Trinajstić information content (AvgIpc) is 3.40. The number of para-hydroxylation sites is 2. The number of oxazole rings is 1. The molecule has 10 heteroatoms. The van der Waals surface area contributed by atoms with E-state index in [9.17, 15) is 14.4 Å². The van der Waals surface area contributed by atoms with E-state index in [0.717, 1.165) is 5.56 Å². The van der Waals surface area contributed by atoms with Gasteiger partial charge in [0.1, 0.15) is 12.6 Å². The van der Waals surface area contributed by atoms with Crippen LogP contribution in [0.3, 0.4) is 0 Å². The molecular formula is C22H19N5O5. The second-order valence-corrected chi connectivity index (χ2v) is 7.40. The minimum Gasteiger partial charge on any atom is -0.408 e. The number of piperazine rings is 1. The van der Waals surface area contributed by atoms with Gasteiger partial charge in [-0.15, -0.1) is 0 Å². The maximum atomic E-state index is 13.1. The number of nitrogens with one attached hydrogen (secondary N) is 1. The zero-order valence-electron chi connectivity index (χ0n) is 16.9. The Bertz CT molecular complexity index is 1340. The molecule has 5 rings (SSSR count). The molecule has 0 aliphatic carbocycles. The van der Waals surface area contributed by atoms with Crippen molar-refractivity contribution in [3.63, 3.8) is 0 Å². The predicted octanol–water partition coefficient (Wildman–Crippen LogP) is 1.21. The van der Waals surface area contributed by atoms with Crippen LogP contribution in [0.4, 0.5) is 0 Å². The van der Waals surface area contributed by atoms with E-state index in [1.54, 1.807) is 24.3 Å². The summed E-state index contributed by atoms with van der Waals surface area (Å²) in [6, 6.07) is 15.4. The van der Waals surface area contributed by atoms with Gasteiger partial charge in [0, 0.05) is 18.7 Å². The fraction of sp³-hybridized carbons (Fsp3) is 0.227. The lowest BCUT2D eigenvalue weighted by Crippen LogP contribution is -2.58. The highest BCUT2D eigenvalue weighted by Gasteiger charge is 2.35. The van der Waals surface area contributed by atoms with Crippen molar-refractivity contribution in [3.8, 4) is 11.4 Å². The van der Waals surface area contributed by atoms with Gasteiger partial charge in [0.15, 0.2) is 5.58 Å². The van der Waals surface area contributed by atoms with Crippen molar-refractivity contribution >= 4 is 22.9 Å². The Morgan fingerprint density at radius 3 is 2.72 bits per heavy atom. The minimum absolute atomic E-state index is 0.0679. The summed E-state index contributed by atoms with van der Waals surface area (Å²) >= 11 is 0. The molecule has 0 bridgehead atoms. The summed E-state index contributed by atoms with van der Waals surface area (Å²) in [6.07, 6.45) is 0.0679. The third kappa shape index (κ3) is 3.66. The van der Waals surface area contributed by atoms with Crippen LogP contribution in [0.2, 0.25) is 0 Å². The zero-order valence-corrected chi connectivity index (χ0v) is 16.9. The molecule has 2 aromatic heterocycles. The topological polar surface area (TPSA) is 123 Å². The maximum absolute atomic E-state index is 13.1. The Hall–Kier alpha value is -4.21. The number of rotatable bonds is 5. The fourth-order valence-electron chi connectivity index (χ4n) is 3.81. The standard InChI is InChI=1S/C22H19N5O5/c28-19(13-27-15-8-4-5-9-17(15)31-22(27)30)26-11-10-23-21(29)16(26)12-18-24-20(25-32-18)14-6-2-1-3-7-14/h1-9,16H,10-13H2,(H,23,29). The van der Waals surface area contributed by atoms with Crippen LogP contribution < -0.4 is 11.1 Å². The molecule has 1 aliphatic heterocycles. The molecule has 0 radical (unpaired) electrons. The van der Waals surface area contributed by atoms with Crippen molar-refractivity contribution in [3.05, 3.63) is 71.0 Å². The lowest BCUT2D eigenvalue weighted by atomic mass is 10.1. The van der Waals surface area contributed by atoms with Gasteiger partial charge in [0.25, 0.3) is 0 Å². The molecule has 1 saturated heterocycles. The molecule has 4 aromatic rings. The first kappa shape index (κ1) is 19.7. The maximum Gasteiger partial charge on any atom is 0.420 e. The van der Waals surface area contributed by atoms with E-state index in [1.807, 2.05) is 30.3 Å². The normalized spacial score (nSPS) is 16.3. The van der Waals surface area contributed by atoms with Crippen LogP contribution in [0.5, 0.6) is 0 Å². The summed E-state index contributed by atoms with van der Waals surface area (Å²) in [5.74, 6) is -0.655. The summed E-state index contributed by atoms with van der Waals surface area (Å²) in [6.45, 7) is 0.388. The highest BCUT2D eigenvalue weighted by atomic mass is 16.5. The number of benzene rings is 2. The first-order valence-electron chi connectivity index (χ1n) is 10.1. The van der Waals surface area contributed by atoms with Gasteiger partial charge in [-0.05, 0) is 12.1 Å². The largest absolute Gasteiger partial charge is 0.420 e. The molecular weight excluding hydrogens is 414 g/mol. The molecule has 32 heavy (non-hydrogen) atoms. The van der Waals surface area contributed by atoms with E-state index >= 15 is 0 Å². The molecule has 0 saturated carbocycles. The average molecular weight is 433 g/mol. The van der Waals surface area contributed by atoms with Gasteiger partial charge in [-0.25, -0.2) is 4.79 Å². The number of carbonyl (C=O) groups excluding carboxylic acids is 2. The van der Waals surface area contributed by atoms with Crippen LogP contribution in [0, 0.1) is 0 Å². The van der Waals surface area contributed by atoms with Gasteiger partial charge in [-0.3, -0.25) is 14.2 Å². The second-order valence-electron chi connectivity index (χ2n) is 7.40. The van der Waals surface area contributed by atoms with Crippen molar-refractivity contribution in [1.29, 1.82) is 0 Å². The van der Waals surface area contributed by atoms with Gasteiger partial charge in [-0.1, -0.05) is 47.6 Å². The van der Waals surface area contributed by atoms with E-state index in [0.29, 0.717) is 30.0 Å². The van der Waals surface area contributed by atoms with Crippen LogP contribution >= 0.6 is 0 Å². The molecule has 1 aliphatic rings. The van der Waals surface area contributed by atoms with E-state index in [4.69, 9.17) is 8.94 Å². The molecule has 1 N–H and O–H groups in total. The lowest BCUT2D eigenvalue weighted by molar-refractivity contribution is -0.143. The summed E-state index contributed by atoms with van der Waals surface area (Å²) < 4.78 is 11.8. The van der Waals surface area contributed by atoms with E-state index in [2.05, 4.69) is 15.5 Å². The van der Waals surface area contributed by atoms with E-state index in [-0.39, 0.29) is 30.7 Å². The predicted molar refractivity (Wildman–Crippen MR) is 112 cm³/mol. The van der Waals surface area contributed by atoms with Crippen LogP contribution in [0.25, 0.3) is 22.5 Å². The monoisotopic (exact) mass is 433 g/mol. The number of fused-ring (bicyclic) bond motifs is 1. The Morgan fingerprint density at radius 2 is 1.88 bits per heavy atom. The van der Waals surface area contributed by atoms with Crippen molar-refractivity contribution < 1.29 is 18.5 Å². The van der Waals surface area contributed by atoms with Gasteiger partial charge in [0.05, 0.1) is 11.9 Å². The number of hydrogen-bond donors (Lipinski definition) is 1. The molecule has 1 unspecified atom stereocenters. The van der Waals surface area contributed by atoms with Crippen LogP contribution in [-0.4, -0.2) is 50.6 Å². The molecule has 0 spiro atoms.